The summed E-state index contributed by atoms with van der Waals surface area (Å²) in [5.74, 6) is -2.37. The number of rotatable bonds is 4. The molecule has 7 heteroatoms. The number of benzene rings is 2. The van der Waals surface area contributed by atoms with Gasteiger partial charge in [-0.2, -0.15) is 0 Å². The summed E-state index contributed by atoms with van der Waals surface area (Å²) in [4.78, 5) is -0.399. The van der Waals surface area contributed by atoms with Crippen molar-refractivity contribution >= 4 is 15.7 Å². The van der Waals surface area contributed by atoms with Crippen molar-refractivity contribution in [3.8, 4) is 0 Å². The first-order valence-corrected chi connectivity index (χ1v) is 7.09. The second-order valence-corrected chi connectivity index (χ2v) is 5.68. The highest BCUT2D eigenvalue weighted by Gasteiger charge is 2.17. The number of para-hydroxylation sites is 1. The average molecular weight is 299 g/mol. The van der Waals surface area contributed by atoms with Crippen molar-refractivity contribution in [1.29, 1.82) is 0 Å². The number of aliphatic hydroxyl groups is 1. The molecule has 0 heterocycles. The van der Waals surface area contributed by atoms with Crippen molar-refractivity contribution in [2.45, 2.75) is 11.5 Å². The van der Waals surface area contributed by atoms with E-state index in [1.54, 1.807) is 18.2 Å². The number of sulfonamides is 1. The van der Waals surface area contributed by atoms with E-state index in [0.717, 1.165) is 12.1 Å². The van der Waals surface area contributed by atoms with Gasteiger partial charge in [-0.05, 0) is 24.3 Å². The maximum absolute atomic E-state index is 13.1. The summed E-state index contributed by atoms with van der Waals surface area (Å²) in [5.41, 5.74) is 0.554. The molecule has 0 fully saturated rings. The molecule has 2 rings (SSSR count). The van der Waals surface area contributed by atoms with E-state index in [0.29, 0.717) is 11.6 Å². The number of anilines is 1. The zero-order chi connectivity index (χ0) is 14.8. The van der Waals surface area contributed by atoms with Gasteiger partial charge in [0.2, 0.25) is 0 Å². The molecule has 2 aromatic carbocycles. The van der Waals surface area contributed by atoms with Gasteiger partial charge in [-0.3, -0.25) is 4.72 Å². The average Bonchev–Trinajstić information content (AvgIpc) is 2.42. The largest absolute Gasteiger partial charge is 0.392 e. The normalized spacial score (nSPS) is 11.3. The molecule has 0 atom stereocenters. The van der Waals surface area contributed by atoms with E-state index >= 15 is 0 Å². The molecule has 20 heavy (non-hydrogen) atoms. The van der Waals surface area contributed by atoms with E-state index in [2.05, 4.69) is 4.72 Å². The zero-order valence-corrected chi connectivity index (χ0v) is 11.0. The van der Waals surface area contributed by atoms with Crippen molar-refractivity contribution in [2.75, 3.05) is 4.72 Å². The predicted octanol–water partition coefficient (Wildman–Crippen LogP) is 2.26. The fraction of sp³-hybridized carbons (Fsp3) is 0.0769. The van der Waals surface area contributed by atoms with Gasteiger partial charge in [0.05, 0.1) is 17.2 Å². The maximum atomic E-state index is 13.1. The summed E-state index contributed by atoms with van der Waals surface area (Å²) in [7, 11) is -4.05. The van der Waals surface area contributed by atoms with E-state index in [-0.39, 0.29) is 12.3 Å². The van der Waals surface area contributed by atoms with Gasteiger partial charge in [0.15, 0.2) is 11.6 Å². The number of hydrogen-bond acceptors (Lipinski definition) is 3. The number of nitrogens with one attached hydrogen (secondary N) is 1. The summed E-state index contributed by atoms with van der Waals surface area (Å²) in [6.07, 6.45) is 0. The lowest BCUT2D eigenvalue weighted by Crippen LogP contribution is -2.14. The molecule has 0 aliphatic heterocycles. The van der Waals surface area contributed by atoms with Crippen LogP contribution in [0.2, 0.25) is 0 Å². The molecule has 0 radical (unpaired) electrons. The van der Waals surface area contributed by atoms with Crippen LogP contribution in [-0.2, 0) is 16.6 Å². The predicted molar refractivity (Wildman–Crippen MR) is 69.5 cm³/mol. The Balaban J connectivity index is 2.38. The maximum Gasteiger partial charge on any atom is 0.262 e. The minimum atomic E-state index is -4.05. The summed E-state index contributed by atoms with van der Waals surface area (Å²) in [6.45, 7) is -0.351. The van der Waals surface area contributed by atoms with Crippen molar-refractivity contribution in [1.82, 2.24) is 0 Å². The molecule has 0 aliphatic carbocycles. The Morgan fingerprint density at radius 2 is 1.75 bits per heavy atom. The Morgan fingerprint density at radius 1 is 1.05 bits per heavy atom. The Labute approximate surface area is 114 Å². The second-order valence-electron chi connectivity index (χ2n) is 4.00. The topological polar surface area (TPSA) is 66.4 Å². The molecule has 4 nitrogen and oxygen atoms in total. The summed E-state index contributed by atoms with van der Waals surface area (Å²) in [5, 5.41) is 9.12. The molecule has 0 aliphatic rings. The second kappa shape index (κ2) is 5.56. The monoisotopic (exact) mass is 299 g/mol. The minimum absolute atomic E-state index is 0.180. The summed E-state index contributed by atoms with van der Waals surface area (Å²) >= 11 is 0. The SMILES string of the molecule is O=S(=O)(Nc1ccccc1CO)c1ccc(F)c(F)c1. The van der Waals surface area contributed by atoms with Gasteiger partial charge in [0.25, 0.3) is 10.0 Å². The van der Waals surface area contributed by atoms with Gasteiger partial charge in [0, 0.05) is 5.56 Å². The van der Waals surface area contributed by atoms with Crippen molar-refractivity contribution in [3.63, 3.8) is 0 Å². The van der Waals surface area contributed by atoms with E-state index in [4.69, 9.17) is 5.11 Å². The standard InChI is InChI=1S/C13H11F2NO3S/c14-11-6-5-10(7-12(11)15)20(18,19)16-13-4-2-1-3-9(13)8-17/h1-7,16-17H,8H2. The van der Waals surface area contributed by atoms with Crippen molar-refractivity contribution in [2.24, 2.45) is 0 Å². The molecule has 0 spiro atoms. The van der Waals surface area contributed by atoms with Gasteiger partial charge in [-0.1, -0.05) is 18.2 Å². The van der Waals surface area contributed by atoms with Gasteiger partial charge < -0.3 is 5.11 Å². The lowest BCUT2D eigenvalue weighted by atomic mass is 10.2. The van der Waals surface area contributed by atoms with Crippen LogP contribution in [-0.4, -0.2) is 13.5 Å². The zero-order valence-electron chi connectivity index (χ0n) is 10.2. The van der Waals surface area contributed by atoms with Crippen LogP contribution in [0.15, 0.2) is 47.4 Å². The lowest BCUT2D eigenvalue weighted by molar-refractivity contribution is 0.282. The smallest absolute Gasteiger partial charge is 0.262 e. The number of hydrogen-bond donors (Lipinski definition) is 2. The Bertz CT molecular complexity index is 732. The highest BCUT2D eigenvalue weighted by atomic mass is 32.2. The van der Waals surface area contributed by atoms with Crippen LogP contribution in [0.5, 0.6) is 0 Å². The first-order valence-electron chi connectivity index (χ1n) is 5.60. The van der Waals surface area contributed by atoms with Crippen LogP contribution < -0.4 is 4.72 Å². The Morgan fingerprint density at radius 3 is 2.40 bits per heavy atom. The summed E-state index contributed by atoms with van der Waals surface area (Å²) < 4.78 is 52.2. The molecule has 0 saturated heterocycles. The first kappa shape index (κ1) is 14.4. The minimum Gasteiger partial charge on any atom is -0.392 e. The molecule has 0 aromatic heterocycles. The van der Waals surface area contributed by atoms with E-state index in [1.165, 1.54) is 6.07 Å². The molecule has 2 aromatic rings. The molecular weight excluding hydrogens is 288 g/mol. The molecule has 2 N–H and O–H groups in total. The number of halogens is 2. The van der Waals surface area contributed by atoms with Crippen molar-refractivity contribution < 1.29 is 22.3 Å². The van der Waals surface area contributed by atoms with Crippen LogP contribution in [0.25, 0.3) is 0 Å². The highest BCUT2D eigenvalue weighted by Crippen LogP contribution is 2.21. The van der Waals surface area contributed by atoms with Crippen LogP contribution in [0.1, 0.15) is 5.56 Å². The fourth-order valence-electron chi connectivity index (χ4n) is 1.61. The first-order chi connectivity index (χ1) is 9.44. The van der Waals surface area contributed by atoms with Gasteiger partial charge in [-0.15, -0.1) is 0 Å². The highest BCUT2D eigenvalue weighted by molar-refractivity contribution is 7.92. The van der Waals surface area contributed by atoms with E-state index in [9.17, 15) is 17.2 Å². The van der Waals surface area contributed by atoms with Crippen LogP contribution >= 0.6 is 0 Å². The third kappa shape index (κ3) is 2.94. The fourth-order valence-corrected chi connectivity index (χ4v) is 2.72. The molecular formula is C13H11F2NO3S. The van der Waals surface area contributed by atoms with Gasteiger partial charge >= 0.3 is 0 Å². The molecule has 0 amide bonds. The molecule has 0 saturated carbocycles. The van der Waals surface area contributed by atoms with Crippen LogP contribution in [0.3, 0.4) is 0 Å². The van der Waals surface area contributed by atoms with Gasteiger partial charge in [0.1, 0.15) is 0 Å². The quantitative estimate of drug-likeness (QED) is 0.910. The van der Waals surface area contributed by atoms with Crippen LogP contribution in [0, 0.1) is 11.6 Å². The van der Waals surface area contributed by atoms with E-state index < -0.39 is 26.6 Å². The third-order valence-corrected chi connectivity index (χ3v) is 4.00. The Hall–Kier alpha value is -1.99. The number of aliphatic hydroxyl groups excluding tert-OH is 1. The Kier molecular flexibility index (Phi) is 4.01. The lowest BCUT2D eigenvalue weighted by Gasteiger charge is -2.11. The van der Waals surface area contributed by atoms with Crippen molar-refractivity contribution in [3.05, 3.63) is 59.7 Å². The van der Waals surface area contributed by atoms with E-state index in [1.807, 2.05) is 0 Å². The molecule has 0 bridgehead atoms. The summed E-state index contributed by atoms with van der Waals surface area (Å²) in [6, 6.07) is 8.53. The third-order valence-electron chi connectivity index (χ3n) is 2.63. The molecule has 0 unspecified atom stereocenters. The molecule has 106 valence electrons. The van der Waals surface area contributed by atoms with Crippen LogP contribution in [0.4, 0.5) is 14.5 Å². The van der Waals surface area contributed by atoms with Gasteiger partial charge in [-0.25, -0.2) is 17.2 Å².